The molecular formula is C14H16N2O4S. The van der Waals surface area contributed by atoms with Gasteiger partial charge in [-0.3, -0.25) is 4.79 Å². The van der Waals surface area contributed by atoms with Gasteiger partial charge >= 0.3 is 0 Å². The molecule has 0 aliphatic carbocycles. The van der Waals surface area contributed by atoms with Crippen molar-refractivity contribution in [2.75, 3.05) is 0 Å². The smallest absolute Gasteiger partial charge is 0.287 e. The van der Waals surface area contributed by atoms with Gasteiger partial charge in [0.1, 0.15) is 5.76 Å². The minimum Gasteiger partial charge on any atom is -0.456 e. The standard InChI is InChI=1S/C14H16N2O4S/c1-9-3-8-13(20-9)14(17)16-10(2)11-4-6-12(7-5-11)21(15,18)19/h3-8,10H,1-2H3,(H,16,17)(H2,15,18,19). The van der Waals surface area contributed by atoms with E-state index in [0.29, 0.717) is 5.76 Å². The molecular weight excluding hydrogens is 292 g/mol. The number of benzene rings is 1. The van der Waals surface area contributed by atoms with Gasteiger partial charge in [0.15, 0.2) is 5.76 Å². The molecule has 2 rings (SSSR count). The van der Waals surface area contributed by atoms with Crippen molar-refractivity contribution < 1.29 is 17.6 Å². The SMILES string of the molecule is Cc1ccc(C(=O)NC(C)c2ccc(S(N)(=O)=O)cc2)o1. The fourth-order valence-electron chi connectivity index (χ4n) is 1.85. The lowest BCUT2D eigenvalue weighted by Crippen LogP contribution is -2.26. The van der Waals surface area contributed by atoms with Crippen LogP contribution in [0.15, 0.2) is 45.7 Å². The Morgan fingerprint density at radius 3 is 2.29 bits per heavy atom. The number of nitrogens with one attached hydrogen (secondary N) is 1. The second kappa shape index (κ2) is 5.71. The number of carbonyl (C=O) groups is 1. The van der Waals surface area contributed by atoms with Crippen LogP contribution < -0.4 is 10.5 Å². The van der Waals surface area contributed by atoms with Gasteiger partial charge in [-0.25, -0.2) is 13.6 Å². The molecule has 1 amide bonds. The molecule has 112 valence electrons. The van der Waals surface area contributed by atoms with Crippen LogP contribution in [0.4, 0.5) is 0 Å². The second-order valence-corrected chi connectivity index (χ2v) is 6.28. The molecule has 1 unspecified atom stereocenters. The molecule has 0 fully saturated rings. The molecule has 0 saturated carbocycles. The van der Waals surface area contributed by atoms with E-state index in [-0.39, 0.29) is 22.6 Å². The fraction of sp³-hybridized carbons (Fsp3) is 0.214. The molecule has 1 aromatic heterocycles. The van der Waals surface area contributed by atoms with E-state index in [9.17, 15) is 13.2 Å². The number of rotatable bonds is 4. The third kappa shape index (κ3) is 3.71. The van der Waals surface area contributed by atoms with Gasteiger partial charge in [0.2, 0.25) is 10.0 Å². The lowest BCUT2D eigenvalue weighted by molar-refractivity contribution is 0.0910. The zero-order valence-corrected chi connectivity index (χ0v) is 12.5. The Morgan fingerprint density at radius 2 is 1.81 bits per heavy atom. The summed E-state index contributed by atoms with van der Waals surface area (Å²) in [5, 5.41) is 7.80. The topological polar surface area (TPSA) is 102 Å². The van der Waals surface area contributed by atoms with E-state index in [4.69, 9.17) is 9.56 Å². The van der Waals surface area contributed by atoms with Crippen molar-refractivity contribution in [3.8, 4) is 0 Å². The lowest BCUT2D eigenvalue weighted by Gasteiger charge is -2.13. The number of sulfonamides is 1. The van der Waals surface area contributed by atoms with Crippen LogP contribution in [0, 0.1) is 6.92 Å². The van der Waals surface area contributed by atoms with Crippen LogP contribution in [-0.4, -0.2) is 14.3 Å². The maximum absolute atomic E-state index is 11.9. The summed E-state index contributed by atoms with van der Waals surface area (Å²) in [6.07, 6.45) is 0. The van der Waals surface area contributed by atoms with Crippen molar-refractivity contribution in [3.63, 3.8) is 0 Å². The Labute approximate surface area is 123 Å². The van der Waals surface area contributed by atoms with E-state index in [2.05, 4.69) is 5.32 Å². The Kier molecular flexibility index (Phi) is 4.15. The van der Waals surface area contributed by atoms with Gasteiger partial charge in [-0.2, -0.15) is 0 Å². The molecule has 0 aliphatic heterocycles. The Balaban J connectivity index is 2.10. The minimum atomic E-state index is -3.71. The van der Waals surface area contributed by atoms with Crippen molar-refractivity contribution in [1.82, 2.24) is 5.32 Å². The zero-order valence-electron chi connectivity index (χ0n) is 11.7. The summed E-state index contributed by atoms with van der Waals surface area (Å²) in [5.41, 5.74) is 0.763. The molecule has 21 heavy (non-hydrogen) atoms. The van der Waals surface area contributed by atoms with Crippen LogP contribution in [-0.2, 0) is 10.0 Å². The molecule has 3 N–H and O–H groups in total. The summed E-state index contributed by atoms with van der Waals surface area (Å²) in [6, 6.07) is 9.05. The average Bonchev–Trinajstić information content (AvgIpc) is 2.84. The third-order valence-electron chi connectivity index (χ3n) is 3.02. The van der Waals surface area contributed by atoms with E-state index >= 15 is 0 Å². The molecule has 7 heteroatoms. The van der Waals surface area contributed by atoms with Gasteiger partial charge in [-0.05, 0) is 43.7 Å². The number of aryl methyl sites for hydroxylation is 1. The van der Waals surface area contributed by atoms with Gasteiger partial charge in [0.25, 0.3) is 5.91 Å². The molecule has 1 aromatic carbocycles. The van der Waals surface area contributed by atoms with Crippen LogP contribution in [0.1, 0.15) is 34.8 Å². The Bertz CT molecular complexity index is 748. The Morgan fingerprint density at radius 1 is 1.19 bits per heavy atom. The van der Waals surface area contributed by atoms with E-state index in [0.717, 1.165) is 5.56 Å². The van der Waals surface area contributed by atoms with Crippen molar-refractivity contribution in [2.45, 2.75) is 24.8 Å². The van der Waals surface area contributed by atoms with E-state index in [1.54, 1.807) is 38.1 Å². The Hall–Kier alpha value is -2.12. The summed E-state index contributed by atoms with van der Waals surface area (Å²) in [7, 11) is -3.71. The first kappa shape index (κ1) is 15.3. The summed E-state index contributed by atoms with van der Waals surface area (Å²) in [5.74, 6) is 0.567. The molecule has 1 heterocycles. The first-order valence-electron chi connectivity index (χ1n) is 6.27. The number of hydrogen-bond donors (Lipinski definition) is 2. The number of amides is 1. The monoisotopic (exact) mass is 308 g/mol. The number of furan rings is 1. The number of nitrogens with two attached hydrogens (primary N) is 1. The van der Waals surface area contributed by atoms with Crippen molar-refractivity contribution >= 4 is 15.9 Å². The summed E-state index contributed by atoms with van der Waals surface area (Å²) < 4.78 is 27.6. The quantitative estimate of drug-likeness (QED) is 0.897. The molecule has 0 aliphatic rings. The lowest BCUT2D eigenvalue weighted by atomic mass is 10.1. The minimum absolute atomic E-state index is 0.0337. The predicted molar refractivity (Wildman–Crippen MR) is 77.1 cm³/mol. The molecule has 1 atom stereocenters. The molecule has 0 bridgehead atoms. The predicted octanol–water partition coefficient (Wildman–Crippen LogP) is 1.73. The number of carbonyl (C=O) groups excluding carboxylic acids is 1. The summed E-state index contributed by atoms with van der Waals surface area (Å²) in [6.45, 7) is 3.55. The first-order chi connectivity index (χ1) is 9.77. The molecule has 0 spiro atoms. The number of hydrogen-bond acceptors (Lipinski definition) is 4. The fourth-order valence-corrected chi connectivity index (χ4v) is 2.37. The van der Waals surface area contributed by atoms with Gasteiger partial charge in [0.05, 0.1) is 10.9 Å². The normalized spacial score (nSPS) is 12.9. The average molecular weight is 308 g/mol. The van der Waals surface area contributed by atoms with Gasteiger partial charge in [-0.15, -0.1) is 0 Å². The highest BCUT2D eigenvalue weighted by Crippen LogP contribution is 2.16. The van der Waals surface area contributed by atoms with Crippen LogP contribution in [0.5, 0.6) is 0 Å². The van der Waals surface area contributed by atoms with Gasteiger partial charge < -0.3 is 9.73 Å². The molecule has 0 saturated heterocycles. The van der Waals surface area contributed by atoms with E-state index in [1.807, 2.05) is 0 Å². The maximum atomic E-state index is 11.9. The summed E-state index contributed by atoms with van der Waals surface area (Å²) >= 11 is 0. The van der Waals surface area contributed by atoms with Crippen LogP contribution >= 0.6 is 0 Å². The highest BCUT2D eigenvalue weighted by atomic mass is 32.2. The molecule has 0 radical (unpaired) electrons. The molecule has 6 nitrogen and oxygen atoms in total. The zero-order chi connectivity index (χ0) is 15.6. The summed E-state index contributed by atoms with van der Waals surface area (Å²) in [4.78, 5) is 12.0. The second-order valence-electron chi connectivity index (χ2n) is 4.72. The largest absolute Gasteiger partial charge is 0.456 e. The van der Waals surface area contributed by atoms with Gasteiger partial charge in [-0.1, -0.05) is 12.1 Å². The number of primary sulfonamides is 1. The third-order valence-corrected chi connectivity index (χ3v) is 3.95. The van der Waals surface area contributed by atoms with Gasteiger partial charge in [0, 0.05) is 0 Å². The molecule has 2 aromatic rings. The van der Waals surface area contributed by atoms with Crippen LogP contribution in [0.2, 0.25) is 0 Å². The highest BCUT2D eigenvalue weighted by molar-refractivity contribution is 7.89. The maximum Gasteiger partial charge on any atom is 0.287 e. The van der Waals surface area contributed by atoms with Crippen molar-refractivity contribution in [3.05, 3.63) is 53.5 Å². The highest BCUT2D eigenvalue weighted by Gasteiger charge is 2.15. The van der Waals surface area contributed by atoms with E-state index in [1.165, 1.54) is 12.1 Å². The van der Waals surface area contributed by atoms with Crippen molar-refractivity contribution in [2.24, 2.45) is 5.14 Å². The first-order valence-corrected chi connectivity index (χ1v) is 7.82. The van der Waals surface area contributed by atoms with Crippen LogP contribution in [0.3, 0.4) is 0 Å². The van der Waals surface area contributed by atoms with Crippen molar-refractivity contribution in [1.29, 1.82) is 0 Å². The van der Waals surface area contributed by atoms with Crippen LogP contribution in [0.25, 0.3) is 0 Å². The van der Waals surface area contributed by atoms with E-state index < -0.39 is 10.0 Å².